The van der Waals surface area contributed by atoms with Crippen LogP contribution >= 0.6 is 0 Å². The van der Waals surface area contributed by atoms with E-state index in [0.29, 0.717) is 43.5 Å². The fraction of sp³-hybridized carbons (Fsp3) is 0.348. The Morgan fingerprint density at radius 3 is 2.23 bits per heavy atom. The predicted molar refractivity (Wildman–Crippen MR) is 117 cm³/mol. The van der Waals surface area contributed by atoms with Crippen LogP contribution in [0.25, 0.3) is 11.3 Å². The number of hydrogen-bond acceptors (Lipinski definition) is 5. The normalized spacial score (nSPS) is 16.1. The van der Waals surface area contributed by atoms with Crippen LogP contribution in [-0.4, -0.2) is 48.8 Å². The largest absolute Gasteiger partial charge is 0.439 e. The standard InChI is InChI=1S/C23H27N3O3S/c1-17-13-18(2)23(19(3)14-17)30(27,28)26-11-9-25(10-12-26)16-22-24-15-21(29-22)20-7-5-4-6-8-20/h4-8,13-15H,9-12,16H2,1-3H3. The number of sulfonamides is 1. The zero-order chi connectivity index (χ0) is 21.3. The highest BCUT2D eigenvalue weighted by molar-refractivity contribution is 7.89. The Labute approximate surface area is 178 Å². The molecule has 7 heteroatoms. The minimum Gasteiger partial charge on any atom is -0.439 e. The van der Waals surface area contributed by atoms with Crippen LogP contribution in [0.5, 0.6) is 0 Å². The lowest BCUT2D eigenvalue weighted by molar-refractivity contribution is 0.168. The molecule has 2 aromatic carbocycles. The summed E-state index contributed by atoms with van der Waals surface area (Å²) in [6.07, 6.45) is 1.74. The fourth-order valence-electron chi connectivity index (χ4n) is 4.14. The molecule has 3 aromatic rings. The lowest BCUT2D eigenvalue weighted by Gasteiger charge is -2.33. The predicted octanol–water partition coefficient (Wildman–Crippen LogP) is 3.77. The Kier molecular flexibility index (Phi) is 5.77. The highest BCUT2D eigenvalue weighted by Gasteiger charge is 2.31. The maximum Gasteiger partial charge on any atom is 0.243 e. The topological polar surface area (TPSA) is 66.7 Å². The number of aromatic nitrogens is 1. The van der Waals surface area contributed by atoms with Crippen molar-refractivity contribution in [1.29, 1.82) is 0 Å². The summed E-state index contributed by atoms with van der Waals surface area (Å²) in [7, 11) is -3.50. The molecule has 4 rings (SSSR count). The van der Waals surface area contributed by atoms with Crippen molar-refractivity contribution in [1.82, 2.24) is 14.2 Å². The second kappa shape index (κ2) is 8.34. The molecule has 1 aliphatic rings. The first-order valence-electron chi connectivity index (χ1n) is 10.1. The molecule has 158 valence electrons. The van der Waals surface area contributed by atoms with Gasteiger partial charge < -0.3 is 4.42 Å². The highest BCUT2D eigenvalue weighted by atomic mass is 32.2. The first kappa shape index (κ1) is 20.8. The molecular weight excluding hydrogens is 398 g/mol. The van der Waals surface area contributed by atoms with E-state index in [9.17, 15) is 8.42 Å². The molecule has 1 aromatic heterocycles. The van der Waals surface area contributed by atoms with Gasteiger partial charge in [0, 0.05) is 31.7 Å². The van der Waals surface area contributed by atoms with Gasteiger partial charge in [-0.1, -0.05) is 48.0 Å². The van der Waals surface area contributed by atoms with Gasteiger partial charge in [0.15, 0.2) is 5.76 Å². The van der Waals surface area contributed by atoms with Gasteiger partial charge >= 0.3 is 0 Å². The number of aryl methyl sites for hydroxylation is 3. The Balaban J connectivity index is 1.41. The van der Waals surface area contributed by atoms with Crippen LogP contribution in [0.15, 0.2) is 58.0 Å². The summed E-state index contributed by atoms with van der Waals surface area (Å²) in [4.78, 5) is 7.02. The van der Waals surface area contributed by atoms with Gasteiger partial charge in [0.25, 0.3) is 0 Å². The number of rotatable bonds is 5. The van der Waals surface area contributed by atoms with E-state index in [1.54, 1.807) is 10.5 Å². The van der Waals surface area contributed by atoms with Crippen molar-refractivity contribution >= 4 is 10.0 Å². The van der Waals surface area contributed by atoms with Gasteiger partial charge in [-0.05, 0) is 31.9 Å². The summed E-state index contributed by atoms with van der Waals surface area (Å²) in [5.41, 5.74) is 3.69. The average molecular weight is 426 g/mol. The third-order valence-corrected chi connectivity index (χ3v) is 7.71. The second-order valence-corrected chi connectivity index (χ2v) is 9.77. The van der Waals surface area contributed by atoms with Gasteiger partial charge in [0.2, 0.25) is 15.9 Å². The van der Waals surface area contributed by atoms with Crippen LogP contribution in [0.3, 0.4) is 0 Å². The summed E-state index contributed by atoms with van der Waals surface area (Å²) < 4.78 is 34.0. The zero-order valence-electron chi connectivity index (χ0n) is 17.6. The van der Waals surface area contributed by atoms with Crippen molar-refractivity contribution in [2.75, 3.05) is 26.2 Å². The molecule has 6 nitrogen and oxygen atoms in total. The molecule has 1 aliphatic heterocycles. The smallest absolute Gasteiger partial charge is 0.243 e. The molecule has 2 heterocycles. The Morgan fingerprint density at radius 1 is 0.967 bits per heavy atom. The molecule has 0 aliphatic carbocycles. The van der Waals surface area contributed by atoms with Gasteiger partial charge in [-0.15, -0.1) is 0 Å². The number of piperazine rings is 1. The minimum atomic E-state index is -3.50. The quantitative estimate of drug-likeness (QED) is 0.622. The lowest BCUT2D eigenvalue weighted by Crippen LogP contribution is -2.48. The fourth-order valence-corrected chi connectivity index (χ4v) is 5.98. The monoisotopic (exact) mass is 425 g/mol. The minimum absolute atomic E-state index is 0.446. The van der Waals surface area contributed by atoms with E-state index in [-0.39, 0.29) is 0 Å². The summed E-state index contributed by atoms with van der Waals surface area (Å²) in [5, 5.41) is 0. The molecule has 0 radical (unpaired) electrons. The molecule has 0 N–H and O–H groups in total. The maximum atomic E-state index is 13.2. The van der Waals surface area contributed by atoms with Crippen molar-refractivity contribution in [3.8, 4) is 11.3 Å². The van der Waals surface area contributed by atoms with Crippen LogP contribution in [0.1, 0.15) is 22.6 Å². The van der Waals surface area contributed by atoms with Gasteiger partial charge in [-0.2, -0.15) is 4.31 Å². The van der Waals surface area contributed by atoms with Gasteiger partial charge in [-0.3, -0.25) is 4.90 Å². The molecule has 0 saturated carbocycles. The third-order valence-electron chi connectivity index (χ3n) is 5.50. The van der Waals surface area contributed by atoms with Crippen LogP contribution in [0.4, 0.5) is 0 Å². The molecule has 0 spiro atoms. The summed E-state index contributed by atoms with van der Waals surface area (Å²) in [6, 6.07) is 13.7. The Morgan fingerprint density at radius 2 is 1.60 bits per heavy atom. The first-order valence-corrected chi connectivity index (χ1v) is 11.6. The Hall–Kier alpha value is -2.48. The zero-order valence-corrected chi connectivity index (χ0v) is 18.4. The van der Waals surface area contributed by atoms with E-state index < -0.39 is 10.0 Å². The summed E-state index contributed by atoms with van der Waals surface area (Å²) in [5.74, 6) is 1.40. The van der Waals surface area contributed by atoms with Crippen molar-refractivity contribution < 1.29 is 12.8 Å². The first-order chi connectivity index (χ1) is 14.3. The molecule has 0 bridgehead atoms. The summed E-state index contributed by atoms with van der Waals surface area (Å²) >= 11 is 0. The van der Waals surface area contributed by atoms with Crippen molar-refractivity contribution in [3.05, 3.63) is 71.2 Å². The van der Waals surface area contributed by atoms with Crippen LogP contribution < -0.4 is 0 Å². The van der Waals surface area contributed by atoms with Gasteiger partial charge in [0.1, 0.15) is 0 Å². The van der Waals surface area contributed by atoms with E-state index in [1.165, 1.54) is 0 Å². The molecule has 0 unspecified atom stereocenters. The van der Waals surface area contributed by atoms with Gasteiger partial charge in [0.05, 0.1) is 17.6 Å². The molecule has 0 atom stereocenters. The van der Waals surface area contributed by atoms with Crippen molar-refractivity contribution in [2.45, 2.75) is 32.2 Å². The molecule has 0 amide bonds. The summed E-state index contributed by atoms with van der Waals surface area (Å²) in [6.45, 7) is 8.51. The Bertz CT molecular complexity index is 1110. The van der Waals surface area contributed by atoms with Crippen molar-refractivity contribution in [2.24, 2.45) is 0 Å². The van der Waals surface area contributed by atoms with E-state index in [1.807, 2.05) is 63.2 Å². The molecule has 1 saturated heterocycles. The third kappa shape index (κ3) is 4.19. The van der Waals surface area contributed by atoms with E-state index in [4.69, 9.17) is 4.42 Å². The van der Waals surface area contributed by atoms with E-state index >= 15 is 0 Å². The van der Waals surface area contributed by atoms with Crippen LogP contribution in [0, 0.1) is 20.8 Å². The number of oxazole rings is 1. The molecular formula is C23H27N3O3S. The number of benzene rings is 2. The lowest BCUT2D eigenvalue weighted by atomic mass is 10.1. The molecule has 1 fully saturated rings. The second-order valence-electron chi connectivity index (χ2n) is 7.89. The van der Waals surface area contributed by atoms with E-state index in [0.717, 1.165) is 28.0 Å². The van der Waals surface area contributed by atoms with Crippen LogP contribution in [-0.2, 0) is 16.6 Å². The SMILES string of the molecule is Cc1cc(C)c(S(=O)(=O)N2CCN(Cc3ncc(-c4ccccc4)o3)CC2)c(C)c1. The number of hydrogen-bond donors (Lipinski definition) is 0. The molecule has 30 heavy (non-hydrogen) atoms. The highest BCUT2D eigenvalue weighted by Crippen LogP contribution is 2.26. The van der Waals surface area contributed by atoms with Crippen LogP contribution in [0.2, 0.25) is 0 Å². The van der Waals surface area contributed by atoms with Gasteiger partial charge in [-0.25, -0.2) is 13.4 Å². The number of nitrogens with zero attached hydrogens (tertiary/aromatic N) is 3. The van der Waals surface area contributed by atoms with Crippen molar-refractivity contribution in [3.63, 3.8) is 0 Å². The maximum absolute atomic E-state index is 13.2. The average Bonchev–Trinajstić information content (AvgIpc) is 3.16. The van der Waals surface area contributed by atoms with E-state index in [2.05, 4.69) is 9.88 Å².